The number of amides is 15. The van der Waals surface area contributed by atoms with Crippen molar-refractivity contribution in [2.45, 2.75) is 288 Å². The van der Waals surface area contributed by atoms with E-state index in [9.17, 15) is 77.6 Å². The van der Waals surface area contributed by atoms with Crippen LogP contribution in [0.3, 0.4) is 0 Å². The van der Waals surface area contributed by atoms with Crippen molar-refractivity contribution in [3.8, 4) is 5.75 Å². The minimum atomic E-state index is -2.10. The van der Waals surface area contributed by atoms with Crippen LogP contribution < -0.4 is 85.5 Å². The molecule has 2 heterocycles. The molecule has 21 N–H and O–H groups in total. The van der Waals surface area contributed by atoms with Crippen LogP contribution in [0.2, 0.25) is 0 Å². The zero-order chi connectivity index (χ0) is 98.6. The number of aliphatic carboxylic acids is 1. The molecule has 0 spiro atoms. The molecule has 1 aromatic heterocycles. The predicted molar refractivity (Wildman–Crippen MR) is 497 cm³/mol. The van der Waals surface area contributed by atoms with E-state index in [0.717, 1.165) is 19.3 Å². The zero-order valence-corrected chi connectivity index (χ0v) is 79.2. The molecule has 6 rings (SSSR count). The van der Waals surface area contributed by atoms with Crippen LogP contribution >= 0.6 is 23.5 Å². The number of aromatic nitrogens is 1. The molecule has 41 heteroatoms. The van der Waals surface area contributed by atoms with Gasteiger partial charge in [-0.3, -0.25) is 86.3 Å². The highest BCUT2D eigenvalue weighted by molar-refractivity contribution is 7.99. The monoisotopic (exact) mass is 1890 g/mol. The summed E-state index contributed by atoms with van der Waals surface area (Å²) in [5.74, 6) is -17.9. The fourth-order valence-corrected chi connectivity index (χ4v) is 17.1. The molecule has 2 fully saturated rings. The molecule has 1 aliphatic carbocycles. The topological polar surface area (TPSA) is 607 Å². The molecule has 1 aliphatic heterocycles. The van der Waals surface area contributed by atoms with Crippen molar-refractivity contribution in [3.05, 3.63) is 102 Å². The van der Waals surface area contributed by atoms with Crippen molar-refractivity contribution in [1.82, 2.24) is 84.7 Å². The number of hydrogen-bond donors (Lipinski definition) is 20. The Morgan fingerprint density at radius 2 is 1.11 bits per heavy atom. The number of hydrogen-bond acceptors (Lipinski definition) is 24. The van der Waals surface area contributed by atoms with E-state index in [0.29, 0.717) is 77.5 Å². The highest BCUT2D eigenvalue weighted by Crippen LogP contribution is 2.33. The molecule has 3 aromatic carbocycles. The first-order chi connectivity index (χ1) is 62.8. The van der Waals surface area contributed by atoms with Gasteiger partial charge in [-0.2, -0.15) is 23.5 Å². The number of phenolic OH excluding ortho intramolecular Hbond substituents is 1. The van der Waals surface area contributed by atoms with E-state index >= 15 is 28.8 Å². The minimum absolute atomic E-state index is 0.00943. The molecule has 39 nitrogen and oxygen atoms in total. The number of fused-ring (bicyclic) bond motifs is 1. The Bertz CT molecular complexity index is 4730. The summed E-state index contributed by atoms with van der Waals surface area (Å²) in [5, 5.41) is 71.9. The lowest BCUT2D eigenvalue weighted by molar-refractivity contribution is -0.140. The summed E-state index contributed by atoms with van der Waals surface area (Å²) in [6.45, 7) is 16.5. The fourth-order valence-electron chi connectivity index (χ4n) is 14.8. The van der Waals surface area contributed by atoms with E-state index in [-0.39, 0.29) is 67.7 Å². The number of aliphatic hydroxyl groups is 1. The number of carboxylic acid groups (broad SMARTS) is 1. The number of H-pyrrole nitrogens is 1. The average Bonchev–Trinajstić information content (AvgIpc) is 1.81. The van der Waals surface area contributed by atoms with Crippen molar-refractivity contribution in [2.24, 2.45) is 23.5 Å². The number of carbonyl (C=O) groups is 19. The van der Waals surface area contributed by atoms with Gasteiger partial charge in [-0.05, 0) is 159 Å². The maximum atomic E-state index is 15.6. The number of ketones is 2. The molecule has 5 unspecified atom stereocenters. The van der Waals surface area contributed by atoms with Gasteiger partial charge in [0.2, 0.25) is 100 Å². The van der Waals surface area contributed by atoms with Gasteiger partial charge in [0.05, 0.1) is 30.1 Å². The number of aliphatic hydroxyl groups excluding tert-OH is 1. The average molecular weight is 1890 g/mol. The number of para-hydroxylation sites is 1. The first-order valence-electron chi connectivity index (χ1n) is 45.0. The maximum Gasteiger partial charge on any atom is 0.303 e. The van der Waals surface area contributed by atoms with E-state index < -0.39 is 233 Å². The Kier molecular flexibility index (Phi) is 44.4. The van der Waals surface area contributed by atoms with Gasteiger partial charge in [0, 0.05) is 74.2 Å². The van der Waals surface area contributed by atoms with Crippen molar-refractivity contribution in [1.29, 1.82) is 0 Å². The van der Waals surface area contributed by atoms with Crippen molar-refractivity contribution in [2.75, 3.05) is 29.6 Å². The standard InChI is InChI=1S/C92H133N17O22S2/c1-50(2)40-69(102-58(10)112)86(127)107-75(57(9)111)88(129)105-71(42-60-24-17-16-18-25-60)87(128)109-92(12)49-133-39-22-15-13-14-21-38-132-48-91(11,89(130)101-56(8)81(122)100-55(7)80(121)99-54(6)79(120)98-53(5)78(119)96-51(3)47-110)108-82(123)63(41-59-26-23-27-59)46-95-67(34-36-73(93)114)77(118)76(117)52(4)97-84(125)72(44-62-45-94-66-29-20-19-28-65(62)66)104-85(126)70(43-61-30-32-64(113)33-31-61)103-83(124)68(106-90(92)131)35-37-74(115)116/h16-20,24-25,28-33,45,47,50-57,59,63,67-72,75,94-95,111,113H,13-15,21-23,26-27,34-44,46,48-49H2,1-12H3,(H2,93,114)(H,96,119)(H,97,125)(H,98,120)(H,99,121)(H,100,122)(H,101,130)(H,102,112)(H,103,124)(H,104,126)(H,105,129)(H,106,131)(H,107,127)(H,108,123)(H,109,128)(H,115,116)/t51?,52?,53-,54?,55-,56?,57+,63+,67-,68-,69-,70?,71-,72-,75-,91-,92+/m0/s1. The van der Waals surface area contributed by atoms with E-state index in [1.54, 1.807) is 74.6 Å². The number of phenols is 1. The molecule has 15 amide bonds. The normalized spacial score (nSPS) is 22.6. The Morgan fingerprint density at radius 3 is 1.67 bits per heavy atom. The van der Waals surface area contributed by atoms with Gasteiger partial charge in [0.15, 0.2) is 0 Å². The molecule has 0 bridgehead atoms. The van der Waals surface area contributed by atoms with Crippen molar-refractivity contribution < 1.29 is 106 Å². The first-order valence-corrected chi connectivity index (χ1v) is 47.4. The van der Waals surface area contributed by atoms with Crippen LogP contribution in [0.15, 0.2) is 85.1 Å². The second-order valence-electron chi connectivity index (χ2n) is 35.4. The number of aromatic hydroxyl groups is 1. The summed E-state index contributed by atoms with van der Waals surface area (Å²) in [7, 11) is 0. The fraction of sp³-hybridized carbons (Fsp3) is 0.576. The second-order valence-corrected chi connectivity index (χ2v) is 37.6. The molecular formula is C92H133N17O22S2. The lowest BCUT2D eigenvalue weighted by Crippen LogP contribution is -2.66. The molecule has 133 heavy (non-hydrogen) atoms. The van der Waals surface area contributed by atoms with Crippen LogP contribution in [-0.4, -0.2) is 258 Å². The number of Topliss-reactive ketones (excluding diaryl/α,β-unsaturated/α-hetero) is 2. The largest absolute Gasteiger partial charge is 0.508 e. The van der Waals surface area contributed by atoms with E-state index in [2.05, 4.69) is 84.7 Å². The minimum Gasteiger partial charge on any atom is -0.508 e. The van der Waals surface area contributed by atoms with Crippen molar-refractivity contribution >= 4 is 147 Å². The highest BCUT2D eigenvalue weighted by Gasteiger charge is 2.44. The predicted octanol–water partition coefficient (Wildman–Crippen LogP) is 0.697. The van der Waals surface area contributed by atoms with Crippen LogP contribution in [0.1, 0.15) is 190 Å². The number of thioether (sulfide) groups is 2. The number of carboxylic acids is 1. The van der Waals surface area contributed by atoms with Gasteiger partial charge in [-0.25, -0.2) is 0 Å². The van der Waals surface area contributed by atoms with E-state index in [1.807, 2.05) is 0 Å². The lowest BCUT2D eigenvalue weighted by atomic mass is 9.78. The third kappa shape index (κ3) is 36.2. The first kappa shape index (κ1) is 110. The van der Waals surface area contributed by atoms with Gasteiger partial charge in [-0.15, -0.1) is 0 Å². The number of nitrogens with two attached hydrogens (primary N) is 1. The molecule has 1 saturated heterocycles. The van der Waals surface area contributed by atoms with Crippen LogP contribution in [-0.2, 0) is 110 Å². The number of benzene rings is 3. The highest BCUT2D eigenvalue weighted by atomic mass is 32.2. The van der Waals surface area contributed by atoms with E-state index in [1.165, 1.54) is 117 Å². The quantitative estimate of drug-likeness (QED) is 0.0223. The molecule has 17 atom stereocenters. The van der Waals surface area contributed by atoms with Gasteiger partial charge in [-0.1, -0.05) is 113 Å². The number of primary amides is 1. The summed E-state index contributed by atoms with van der Waals surface area (Å²) >= 11 is 2.51. The number of nitrogens with one attached hydrogen (secondary N) is 16. The Morgan fingerprint density at radius 1 is 0.556 bits per heavy atom. The SMILES string of the molecule is CC(=O)N[C@@H](CC(C)C)C(=O)N[C@H](C(=O)N[C@@H](Cc1ccccc1)C(=O)N[C@]1(C)CSCCCCCCCSC[C@@](C)(C(=O)NC(C)C(=O)N[C@@H](C)C(=O)NC(C)C(=O)N[C@@H](C)C(=O)NC(C)C=O)NC(=O)[C@H](CC2CCC2)CN[C@@H](CCC(N)=O)C(=O)C(=O)C(C)NC(=O)[C@H](Cc2c[nH]c3ccccc23)NC(=O)C(Cc2ccc(O)cc2)NC(=O)[C@H](CCC(=O)O)NC1=O)[C@@H](C)O. The number of rotatable bonds is 35. The number of carbonyl (C=O) groups excluding carboxylic acids is 18. The molecule has 2 aliphatic rings. The van der Waals surface area contributed by atoms with Crippen LogP contribution in [0.4, 0.5) is 0 Å². The van der Waals surface area contributed by atoms with E-state index in [4.69, 9.17) is 5.73 Å². The summed E-state index contributed by atoms with van der Waals surface area (Å²) < 4.78 is 0. The zero-order valence-electron chi connectivity index (χ0n) is 77.5. The van der Waals surface area contributed by atoms with Gasteiger partial charge in [0.1, 0.15) is 83.5 Å². The molecular weight excluding hydrogens is 1760 g/mol. The summed E-state index contributed by atoms with van der Waals surface area (Å²) in [6, 6.07) is 1.97. The molecule has 0 radical (unpaired) electrons. The smallest absolute Gasteiger partial charge is 0.303 e. The lowest BCUT2D eigenvalue weighted by Gasteiger charge is -2.35. The third-order valence-corrected chi connectivity index (χ3v) is 25.7. The van der Waals surface area contributed by atoms with Crippen LogP contribution in [0.25, 0.3) is 10.9 Å². The molecule has 730 valence electrons. The summed E-state index contributed by atoms with van der Waals surface area (Å²) in [5.41, 5.74) is 3.61. The number of aldehydes is 1. The number of aromatic amines is 1. The van der Waals surface area contributed by atoms with Gasteiger partial charge in [0.25, 0.3) is 0 Å². The third-order valence-electron chi connectivity index (χ3n) is 22.9. The molecule has 1 saturated carbocycles. The van der Waals surface area contributed by atoms with Crippen molar-refractivity contribution in [3.63, 3.8) is 0 Å². The Labute approximate surface area is 782 Å². The maximum absolute atomic E-state index is 15.6. The van der Waals surface area contributed by atoms with Crippen LogP contribution in [0.5, 0.6) is 5.75 Å². The van der Waals surface area contributed by atoms with Crippen LogP contribution in [0, 0.1) is 17.8 Å². The van der Waals surface area contributed by atoms with Gasteiger partial charge >= 0.3 is 5.97 Å². The summed E-state index contributed by atoms with van der Waals surface area (Å²) in [6.07, 6.45) is 2.88. The molecule has 4 aromatic rings. The summed E-state index contributed by atoms with van der Waals surface area (Å²) in [4.78, 5) is 269. The Balaban J connectivity index is 1.40. The Hall–Kier alpha value is -11.9. The van der Waals surface area contributed by atoms with Gasteiger partial charge < -0.3 is 111 Å². The second kappa shape index (κ2) is 53.7.